The third-order valence-electron chi connectivity index (χ3n) is 6.47. The topological polar surface area (TPSA) is 82.2 Å². The maximum Gasteiger partial charge on any atom is 0.338 e. The number of likely N-dealkylation sites (N-methyl/N-ethyl adjacent to an activating group) is 1. The summed E-state index contributed by atoms with van der Waals surface area (Å²) < 4.78 is 5.52. The van der Waals surface area contributed by atoms with Crippen LogP contribution in [0.3, 0.4) is 0 Å². The molecule has 2 aromatic carbocycles. The van der Waals surface area contributed by atoms with Crippen molar-refractivity contribution in [1.82, 2.24) is 15.3 Å². The molecule has 0 unspecified atom stereocenters. The molecule has 39 heavy (non-hydrogen) atoms. The first-order valence-electron chi connectivity index (χ1n) is 13.5. The highest BCUT2D eigenvalue weighted by Gasteiger charge is 2.28. The first-order chi connectivity index (χ1) is 18.3. The number of rotatable bonds is 11. The molecule has 0 spiro atoms. The van der Waals surface area contributed by atoms with Crippen molar-refractivity contribution in [2.24, 2.45) is 5.92 Å². The Bertz CT molecular complexity index is 1150. The average molecular weight is 557 g/mol. The van der Waals surface area contributed by atoms with E-state index in [1.807, 2.05) is 17.1 Å². The number of ether oxygens (including phenoxy) is 1. The molecule has 1 aliphatic heterocycles. The number of halogens is 1. The molecule has 212 valence electrons. The van der Waals surface area contributed by atoms with Crippen LogP contribution in [0.15, 0.2) is 42.5 Å². The van der Waals surface area contributed by atoms with Gasteiger partial charge in [-0.15, -0.1) is 0 Å². The molecule has 2 aromatic rings. The number of hydrogen-bond donors (Lipinski definition) is 1. The van der Waals surface area contributed by atoms with E-state index in [4.69, 9.17) is 16.3 Å². The Labute approximate surface area is 237 Å². The van der Waals surface area contributed by atoms with Gasteiger partial charge in [-0.3, -0.25) is 14.6 Å². The van der Waals surface area contributed by atoms with Gasteiger partial charge in [-0.1, -0.05) is 49.7 Å². The van der Waals surface area contributed by atoms with Crippen molar-refractivity contribution >= 4 is 35.1 Å². The van der Waals surface area contributed by atoms with E-state index < -0.39 is 11.6 Å². The fourth-order valence-corrected chi connectivity index (χ4v) is 4.60. The number of nitrogens with zero attached hydrogens (tertiary/aromatic N) is 3. The van der Waals surface area contributed by atoms with E-state index >= 15 is 0 Å². The standard InChI is InChI=1S/C30H41ClN4O4/c1-21(2)10-9-15-32-27(36)19-34(26-16-22(13-14-25(26)31)29(38)39-30(3,4)5)20-28(37)33(6)35-17-23-11-7-8-12-24(23)18-35/h7-8,11-14,16,21H,9-10,15,17-20H2,1-6H3,(H,32,36). The molecule has 8 nitrogen and oxygen atoms in total. The average Bonchev–Trinajstić information content (AvgIpc) is 3.29. The highest BCUT2D eigenvalue weighted by Crippen LogP contribution is 2.29. The number of carbonyl (C=O) groups is 3. The van der Waals surface area contributed by atoms with Crippen molar-refractivity contribution < 1.29 is 19.1 Å². The molecule has 0 bridgehead atoms. The summed E-state index contributed by atoms with van der Waals surface area (Å²) in [5, 5.41) is 6.84. The molecule has 0 radical (unpaired) electrons. The second-order valence-corrected chi connectivity index (χ2v) is 11.8. The van der Waals surface area contributed by atoms with Crippen LogP contribution in [0.5, 0.6) is 0 Å². The lowest BCUT2D eigenvalue weighted by molar-refractivity contribution is -0.145. The molecule has 0 fully saturated rings. The minimum Gasteiger partial charge on any atom is -0.456 e. The summed E-state index contributed by atoms with van der Waals surface area (Å²) in [5.41, 5.74) is 2.41. The maximum absolute atomic E-state index is 13.5. The van der Waals surface area contributed by atoms with Crippen molar-refractivity contribution in [3.8, 4) is 0 Å². The Hall–Kier alpha value is -3.10. The number of hydrogen-bond acceptors (Lipinski definition) is 6. The van der Waals surface area contributed by atoms with E-state index in [2.05, 4.69) is 31.3 Å². The Morgan fingerprint density at radius 1 is 1.05 bits per heavy atom. The largest absolute Gasteiger partial charge is 0.456 e. The van der Waals surface area contributed by atoms with Crippen LogP contribution >= 0.6 is 11.6 Å². The SMILES string of the molecule is CC(C)CCCNC(=O)CN(CC(=O)N(C)N1Cc2ccccc2C1)c1cc(C(=O)OC(C)(C)C)ccc1Cl. The maximum atomic E-state index is 13.5. The summed E-state index contributed by atoms with van der Waals surface area (Å²) in [5.74, 6) is -0.370. The molecular weight excluding hydrogens is 516 g/mol. The molecule has 0 saturated heterocycles. The first kappa shape index (κ1) is 30.4. The zero-order valence-electron chi connectivity index (χ0n) is 23.9. The Kier molecular flexibility index (Phi) is 10.4. The molecule has 9 heteroatoms. The van der Waals surface area contributed by atoms with E-state index in [0.29, 0.717) is 41.8 Å². The number of anilines is 1. The summed E-state index contributed by atoms with van der Waals surface area (Å²) in [6.45, 7) is 11.3. The van der Waals surface area contributed by atoms with E-state index in [-0.39, 0.29) is 24.9 Å². The number of fused-ring (bicyclic) bond motifs is 1. The minimum atomic E-state index is -0.668. The van der Waals surface area contributed by atoms with Crippen molar-refractivity contribution in [2.75, 3.05) is 31.6 Å². The van der Waals surface area contributed by atoms with Crippen LogP contribution in [0.4, 0.5) is 5.69 Å². The number of nitrogens with one attached hydrogen (secondary N) is 1. The normalized spacial score (nSPS) is 13.2. The number of carbonyl (C=O) groups excluding carboxylic acids is 3. The molecule has 1 N–H and O–H groups in total. The van der Waals surface area contributed by atoms with Gasteiger partial charge < -0.3 is 15.0 Å². The van der Waals surface area contributed by atoms with Crippen LogP contribution in [-0.4, -0.2) is 60.1 Å². The highest BCUT2D eigenvalue weighted by molar-refractivity contribution is 6.33. The van der Waals surface area contributed by atoms with Gasteiger partial charge >= 0.3 is 5.97 Å². The van der Waals surface area contributed by atoms with Crippen LogP contribution in [0.2, 0.25) is 5.02 Å². The van der Waals surface area contributed by atoms with Crippen LogP contribution in [0.25, 0.3) is 0 Å². The lowest BCUT2D eigenvalue weighted by atomic mass is 10.1. The van der Waals surface area contributed by atoms with Gasteiger partial charge in [0.25, 0.3) is 5.91 Å². The fraction of sp³-hybridized carbons (Fsp3) is 0.500. The summed E-state index contributed by atoms with van der Waals surface area (Å²) >= 11 is 6.56. The predicted molar refractivity (Wildman–Crippen MR) is 154 cm³/mol. The zero-order valence-corrected chi connectivity index (χ0v) is 24.7. The van der Waals surface area contributed by atoms with Crippen LogP contribution in [-0.2, 0) is 27.4 Å². The predicted octanol–water partition coefficient (Wildman–Crippen LogP) is 5.04. The monoisotopic (exact) mass is 556 g/mol. The number of benzene rings is 2. The third-order valence-corrected chi connectivity index (χ3v) is 6.79. The smallest absolute Gasteiger partial charge is 0.338 e. The van der Waals surface area contributed by atoms with E-state index in [9.17, 15) is 14.4 Å². The molecule has 1 aliphatic rings. The molecule has 0 aromatic heterocycles. The van der Waals surface area contributed by atoms with Gasteiger partial charge in [-0.05, 0) is 68.9 Å². The Morgan fingerprint density at radius 2 is 1.69 bits per heavy atom. The molecule has 2 amide bonds. The molecule has 1 heterocycles. The number of amides is 2. The van der Waals surface area contributed by atoms with Crippen molar-refractivity contribution in [3.05, 3.63) is 64.2 Å². The van der Waals surface area contributed by atoms with Crippen molar-refractivity contribution in [2.45, 2.75) is 66.2 Å². The van der Waals surface area contributed by atoms with Crippen LogP contribution in [0.1, 0.15) is 68.9 Å². The molecule has 0 saturated carbocycles. The zero-order chi connectivity index (χ0) is 28.7. The summed E-state index contributed by atoms with van der Waals surface area (Å²) in [6.07, 6.45) is 1.88. The first-order valence-corrected chi connectivity index (χ1v) is 13.8. The number of esters is 1. The molecule has 3 rings (SSSR count). The van der Waals surface area contributed by atoms with Crippen molar-refractivity contribution in [1.29, 1.82) is 0 Å². The van der Waals surface area contributed by atoms with Crippen LogP contribution < -0.4 is 10.2 Å². The summed E-state index contributed by atoms with van der Waals surface area (Å²) in [7, 11) is 1.73. The number of hydrazine groups is 1. The van der Waals surface area contributed by atoms with E-state index in [0.717, 1.165) is 12.8 Å². The fourth-order valence-electron chi connectivity index (χ4n) is 4.36. The van der Waals surface area contributed by atoms with Gasteiger partial charge in [0.15, 0.2) is 0 Å². The summed E-state index contributed by atoms with van der Waals surface area (Å²) in [6, 6.07) is 12.9. The third kappa shape index (κ3) is 8.97. The lowest BCUT2D eigenvalue weighted by Gasteiger charge is -2.31. The molecular formula is C30H41ClN4O4. The summed E-state index contributed by atoms with van der Waals surface area (Å²) in [4.78, 5) is 40.8. The van der Waals surface area contributed by atoms with Gasteiger partial charge in [-0.25, -0.2) is 9.80 Å². The van der Waals surface area contributed by atoms with Gasteiger partial charge in [0.05, 0.1) is 29.4 Å². The van der Waals surface area contributed by atoms with Gasteiger partial charge in [0.2, 0.25) is 5.91 Å². The minimum absolute atomic E-state index is 0.0843. The Balaban J connectivity index is 1.79. The molecule has 0 atom stereocenters. The highest BCUT2D eigenvalue weighted by atomic mass is 35.5. The lowest BCUT2D eigenvalue weighted by Crippen LogP contribution is -2.48. The van der Waals surface area contributed by atoms with E-state index in [1.165, 1.54) is 11.1 Å². The van der Waals surface area contributed by atoms with Crippen molar-refractivity contribution in [3.63, 3.8) is 0 Å². The second-order valence-electron chi connectivity index (χ2n) is 11.4. The Morgan fingerprint density at radius 3 is 2.28 bits per heavy atom. The second kappa shape index (κ2) is 13.3. The quantitative estimate of drug-likeness (QED) is 0.308. The van der Waals surface area contributed by atoms with Gasteiger partial charge in [0.1, 0.15) is 5.60 Å². The van der Waals surface area contributed by atoms with E-state index in [1.54, 1.807) is 55.9 Å². The van der Waals surface area contributed by atoms with Crippen LogP contribution in [0, 0.1) is 5.92 Å². The molecule has 0 aliphatic carbocycles. The van der Waals surface area contributed by atoms with Gasteiger partial charge in [0, 0.05) is 26.7 Å². The van der Waals surface area contributed by atoms with Gasteiger partial charge in [-0.2, -0.15) is 0 Å².